The summed E-state index contributed by atoms with van der Waals surface area (Å²) in [5, 5.41) is 9.27. The molecular formula is C24H15F3N2O3. The van der Waals surface area contributed by atoms with Crippen molar-refractivity contribution in [2.24, 2.45) is 0 Å². The number of nitrogens with one attached hydrogen (secondary N) is 1. The number of pyridine rings is 1. The molecule has 0 aliphatic carbocycles. The number of nitrogens with zero attached hydrogens (tertiary/aromatic N) is 1. The molecule has 2 aromatic heterocycles. The zero-order valence-electron chi connectivity index (χ0n) is 16.4. The normalized spacial score (nSPS) is 11.8. The van der Waals surface area contributed by atoms with E-state index in [0.717, 1.165) is 23.8 Å². The molecular weight excluding hydrogens is 421 g/mol. The van der Waals surface area contributed by atoms with Crippen LogP contribution in [0.5, 0.6) is 0 Å². The zero-order chi connectivity index (χ0) is 22.9. The van der Waals surface area contributed by atoms with Gasteiger partial charge in [-0.05, 0) is 41.5 Å². The molecule has 0 unspecified atom stereocenters. The number of carbonyl (C=O) groups is 2. The Morgan fingerprint density at radius 1 is 1.00 bits per heavy atom. The molecule has 8 heteroatoms. The van der Waals surface area contributed by atoms with Crippen molar-refractivity contribution in [1.82, 2.24) is 9.97 Å². The van der Waals surface area contributed by atoms with Crippen molar-refractivity contribution in [3.8, 4) is 11.1 Å². The smallest absolute Gasteiger partial charge is 0.416 e. The highest BCUT2D eigenvalue weighted by atomic mass is 19.4. The van der Waals surface area contributed by atoms with E-state index in [1.54, 1.807) is 30.5 Å². The molecule has 0 radical (unpaired) electrons. The second kappa shape index (κ2) is 8.14. The van der Waals surface area contributed by atoms with Crippen molar-refractivity contribution >= 4 is 28.9 Å². The molecule has 0 bridgehead atoms. The van der Waals surface area contributed by atoms with E-state index in [9.17, 15) is 22.8 Å². The van der Waals surface area contributed by atoms with Crippen LogP contribution in [0.1, 0.15) is 27.0 Å². The van der Waals surface area contributed by atoms with Crippen molar-refractivity contribution < 1.29 is 27.9 Å². The number of aromatic amines is 1. The van der Waals surface area contributed by atoms with E-state index >= 15 is 0 Å². The molecule has 0 saturated heterocycles. The van der Waals surface area contributed by atoms with E-state index < -0.39 is 23.5 Å². The maximum absolute atomic E-state index is 13.0. The van der Waals surface area contributed by atoms with Gasteiger partial charge in [0, 0.05) is 40.5 Å². The second-order valence-corrected chi connectivity index (χ2v) is 7.03. The molecule has 0 atom stereocenters. The van der Waals surface area contributed by atoms with Gasteiger partial charge in [0.05, 0.1) is 5.56 Å². The summed E-state index contributed by atoms with van der Waals surface area (Å²) in [4.78, 5) is 30.9. The van der Waals surface area contributed by atoms with Crippen LogP contribution in [0.15, 0.2) is 73.1 Å². The molecule has 4 rings (SSSR count). The van der Waals surface area contributed by atoms with Crippen LogP contribution in [0.3, 0.4) is 0 Å². The predicted octanol–water partition coefficient (Wildman–Crippen LogP) is 5.58. The van der Waals surface area contributed by atoms with E-state index in [1.165, 1.54) is 24.4 Å². The van der Waals surface area contributed by atoms with Crippen LogP contribution in [0.4, 0.5) is 13.2 Å². The third-order valence-corrected chi connectivity index (χ3v) is 4.87. The summed E-state index contributed by atoms with van der Waals surface area (Å²) in [7, 11) is 0. The molecule has 2 heterocycles. The third kappa shape index (κ3) is 4.29. The number of rotatable bonds is 5. The Morgan fingerprint density at radius 3 is 2.53 bits per heavy atom. The van der Waals surface area contributed by atoms with E-state index in [0.29, 0.717) is 22.2 Å². The number of aromatic nitrogens is 2. The Bertz CT molecular complexity index is 1370. The molecule has 0 saturated carbocycles. The summed E-state index contributed by atoms with van der Waals surface area (Å²) in [5.74, 6) is -1.62. The molecule has 5 nitrogen and oxygen atoms in total. The maximum atomic E-state index is 13.0. The summed E-state index contributed by atoms with van der Waals surface area (Å²) in [5.41, 5.74) is 1.73. The number of aliphatic carboxylic acids is 1. The van der Waals surface area contributed by atoms with Crippen molar-refractivity contribution in [2.75, 3.05) is 0 Å². The van der Waals surface area contributed by atoms with E-state index in [2.05, 4.69) is 9.97 Å². The van der Waals surface area contributed by atoms with Gasteiger partial charge in [-0.15, -0.1) is 0 Å². The molecule has 0 amide bonds. The third-order valence-electron chi connectivity index (χ3n) is 4.87. The molecule has 2 N–H and O–H groups in total. The molecule has 2 aromatic carbocycles. The summed E-state index contributed by atoms with van der Waals surface area (Å²) in [6.45, 7) is 0. The number of alkyl halides is 3. The molecule has 0 aliphatic heterocycles. The van der Waals surface area contributed by atoms with Crippen molar-refractivity contribution in [2.45, 2.75) is 6.18 Å². The predicted molar refractivity (Wildman–Crippen MR) is 113 cm³/mol. The van der Waals surface area contributed by atoms with Gasteiger partial charge in [-0.25, -0.2) is 9.78 Å². The van der Waals surface area contributed by atoms with E-state index in [-0.39, 0.29) is 11.1 Å². The highest BCUT2D eigenvalue weighted by Gasteiger charge is 2.31. The van der Waals surface area contributed by atoms with Crippen LogP contribution in [0, 0.1) is 0 Å². The van der Waals surface area contributed by atoms with Gasteiger partial charge in [-0.2, -0.15) is 13.2 Å². The molecule has 32 heavy (non-hydrogen) atoms. The Kier molecular flexibility index (Phi) is 5.36. The van der Waals surface area contributed by atoms with Crippen LogP contribution in [-0.2, 0) is 11.0 Å². The molecule has 0 aliphatic rings. The number of H-pyrrole nitrogens is 1. The van der Waals surface area contributed by atoms with Crippen molar-refractivity contribution in [3.05, 3.63) is 95.3 Å². The Morgan fingerprint density at radius 2 is 1.78 bits per heavy atom. The summed E-state index contributed by atoms with van der Waals surface area (Å²) >= 11 is 0. The van der Waals surface area contributed by atoms with Gasteiger partial charge in [0.1, 0.15) is 5.65 Å². The zero-order valence-corrected chi connectivity index (χ0v) is 16.4. The Balaban J connectivity index is 1.74. The lowest BCUT2D eigenvalue weighted by atomic mass is 9.99. The average Bonchev–Trinajstić information content (AvgIpc) is 3.20. The van der Waals surface area contributed by atoms with Crippen LogP contribution in [0.25, 0.3) is 28.2 Å². The van der Waals surface area contributed by atoms with Crippen LogP contribution >= 0.6 is 0 Å². The number of halogens is 3. The lowest BCUT2D eigenvalue weighted by molar-refractivity contribution is -0.137. The quantitative estimate of drug-likeness (QED) is 0.316. The largest absolute Gasteiger partial charge is 0.478 e. The summed E-state index contributed by atoms with van der Waals surface area (Å²) < 4.78 is 39.1. The lowest BCUT2D eigenvalue weighted by Gasteiger charge is -2.08. The summed E-state index contributed by atoms with van der Waals surface area (Å²) in [6.07, 6.45) is 0.952. The first-order valence-corrected chi connectivity index (χ1v) is 9.43. The van der Waals surface area contributed by atoms with Crippen molar-refractivity contribution in [1.29, 1.82) is 0 Å². The number of carboxylic acid groups (broad SMARTS) is 1. The fourth-order valence-corrected chi connectivity index (χ4v) is 3.33. The molecule has 160 valence electrons. The summed E-state index contributed by atoms with van der Waals surface area (Å²) in [6, 6.07) is 13.1. The average molecular weight is 436 g/mol. The Hall–Kier alpha value is -4.20. The maximum Gasteiger partial charge on any atom is 0.416 e. The number of carbonyl (C=O) groups excluding carboxylic acids is 1. The van der Waals surface area contributed by atoms with Gasteiger partial charge >= 0.3 is 12.1 Å². The number of benzene rings is 2. The van der Waals surface area contributed by atoms with Crippen LogP contribution < -0.4 is 0 Å². The first-order chi connectivity index (χ1) is 15.2. The topological polar surface area (TPSA) is 83.0 Å². The van der Waals surface area contributed by atoms with Crippen molar-refractivity contribution in [3.63, 3.8) is 0 Å². The number of fused-ring (bicyclic) bond motifs is 1. The SMILES string of the molecule is O=C(O)C=Cc1cccc(-c2cnc3[nH]cc(C(=O)c4cccc(C(F)(F)F)c4)c3c2)c1. The highest BCUT2D eigenvalue weighted by molar-refractivity contribution is 6.16. The van der Waals surface area contributed by atoms with Gasteiger partial charge in [0.25, 0.3) is 0 Å². The standard InChI is InChI=1S/C24H15F3N2O3/c25-24(26,27)18-6-2-5-16(10-18)22(32)20-13-29-23-19(20)11-17(12-28-23)15-4-1-3-14(9-15)7-8-21(30)31/h1-13H,(H,28,29)(H,30,31). The second-order valence-electron chi connectivity index (χ2n) is 7.03. The number of hydrogen-bond acceptors (Lipinski definition) is 3. The molecule has 0 spiro atoms. The Labute approximate surface area is 179 Å². The number of hydrogen-bond donors (Lipinski definition) is 2. The van der Waals surface area contributed by atoms with Gasteiger partial charge in [0.2, 0.25) is 0 Å². The van der Waals surface area contributed by atoms with Crippen LogP contribution in [-0.4, -0.2) is 26.8 Å². The molecule has 4 aromatic rings. The van der Waals surface area contributed by atoms with Gasteiger partial charge in [0.15, 0.2) is 5.78 Å². The highest BCUT2D eigenvalue weighted by Crippen LogP contribution is 2.31. The van der Waals surface area contributed by atoms with E-state index in [1.807, 2.05) is 6.07 Å². The minimum atomic E-state index is -4.55. The first-order valence-electron chi connectivity index (χ1n) is 9.43. The molecule has 0 fully saturated rings. The lowest BCUT2D eigenvalue weighted by Crippen LogP contribution is -2.08. The fraction of sp³-hybridized carbons (Fsp3) is 0.0417. The van der Waals surface area contributed by atoms with Gasteiger partial charge < -0.3 is 10.1 Å². The van der Waals surface area contributed by atoms with E-state index in [4.69, 9.17) is 5.11 Å². The van der Waals surface area contributed by atoms with Gasteiger partial charge in [-0.1, -0.05) is 30.3 Å². The van der Waals surface area contributed by atoms with Gasteiger partial charge in [-0.3, -0.25) is 4.79 Å². The first kappa shape index (κ1) is 21.0. The van der Waals surface area contributed by atoms with Crippen LogP contribution in [0.2, 0.25) is 0 Å². The number of carboxylic acids is 1. The number of ketones is 1. The minimum Gasteiger partial charge on any atom is -0.478 e. The fourth-order valence-electron chi connectivity index (χ4n) is 3.33. The monoisotopic (exact) mass is 436 g/mol. The minimum absolute atomic E-state index is 0.0769.